The molecule has 0 spiro atoms. The minimum Gasteiger partial charge on any atom is -0.508 e. The Kier molecular flexibility index (Phi) is 2.59. The summed E-state index contributed by atoms with van der Waals surface area (Å²) in [6.45, 7) is 7.10. The molecule has 0 fully saturated rings. The fraction of sp³-hybridized carbons (Fsp3) is 0.417. The van der Waals surface area contributed by atoms with Gasteiger partial charge in [0.05, 0.1) is 16.6 Å². The Labute approximate surface area is 94.7 Å². The Morgan fingerprint density at radius 1 is 1.44 bits per heavy atom. The summed E-state index contributed by atoms with van der Waals surface area (Å²) in [5, 5.41) is 12.7. The maximum absolute atomic E-state index is 9.38. The third-order valence-corrected chi connectivity index (χ3v) is 2.68. The van der Waals surface area contributed by atoms with Crippen molar-refractivity contribution < 1.29 is 5.11 Å². The van der Waals surface area contributed by atoms with Crippen molar-refractivity contribution in [2.75, 3.05) is 6.54 Å². The number of fused-ring (bicyclic) bond motifs is 1. The molecule has 3 N–H and O–H groups in total. The fourth-order valence-electron chi connectivity index (χ4n) is 1.82. The third kappa shape index (κ3) is 1.88. The first-order chi connectivity index (χ1) is 7.53. The van der Waals surface area contributed by atoms with E-state index in [4.69, 9.17) is 0 Å². The number of nitrogens with zero attached hydrogens (tertiary/aromatic N) is 1. The van der Waals surface area contributed by atoms with Crippen LogP contribution >= 0.6 is 0 Å². The Morgan fingerprint density at radius 2 is 2.19 bits per heavy atom. The molecule has 0 atom stereocenters. The maximum atomic E-state index is 9.38. The quantitative estimate of drug-likeness (QED) is 0.741. The van der Waals surface area contributed by atoms with Gasteiger partial charge in [-0.3, -0.25) is 0 Å². The number of nitrogens with one attached hydrogen (secondary N) is 2. The molecule has 0 radical (unpaired) electrons. The first-order valence-electron chi connectivity index (χ1n) is 5.47. The van der Waals surface area contributed by atoms with E-state index in [1.807, 2.05) is 6.07 Å². The predicted molar refractivity (Wildman–Crippen MR) is 64.5 cm³/mol. The smallest absolute Gasteiger partial charge is 0.127 e. The van der Waals surface area contributed by atoms with Crippen LogP contribution in [0.4, 0.5) is 0 Å². The van der Waals surface area contributed by atoms with Gasteiger partial charge < -0.3 is 15.4 Å². The number of aromatic amines is 1. The zero-order valence-electron chi connectivity index (χ0n) is 9.83. The van der Waals surface area contributed by atoms with Crippen molar-refractivity contribution in [2.45, 2.75) is 26.3 Å². The van der Waals surface area contributed by atoms with E-state index >= 15 is 0 Å². The second-order valence-corrected chi connectivity index (χ2v) is 4.44. The molecule has 2 aromatic rings. The van der Waals surface area contributed by atoms with Crippen molar-refractivity contribution in [3.63, 3.8) is 0 Å². The average Bonchev–Trinajstić information content (AvgIpc) is 2.61. The zero-order chi connectivity index (χ0) is 11.8. The first-order valence-corrected chi connectivity index (χ1v) is 5.47. The molecule has 86 valence electrons. The number of aromatic nitrogens is 2. The summed E-state index contributed by atoms with van der Waals surface area (Å²) in [7, 11) is 0. The largest absolute Gasteiger partial charge is 0.508 e. The highest BCUT2D eigenvalue weighted by Crippen LogP contribution is 2.23. The number of benzene rings is 1. The van der Waals surface area contributed by atoms with Crippen molar-refractivity contribution in [3.8, 4) is 5.75 Å². The van der Waals surface area contributed by atoms with Crippen LogP contribution in [-0.4, -0.2) is 21.6 Å². The summed E-state index contributed by atoms with van der Waals surface area (Å²) >= 11 is 0. The lowest BCUT2D eigenvalue weighted by Crippen LogP contribution is -2.37. The van der Waals surface area contributed by atoms with Crippen LogP contribution in [0.5, 0.6) is 5.75 Å². The van der Waals surface area contributed by atoms with E-state index in [1.165, 1.54) is 0 Å². The summed E-state index contributed by atoms with van der Waals surface area (Å²) in [6, 6.07) is 5.15. The molecular formula is C12H17N3O. The van der Waals surface area contributed by atoms with E-state index < -0.39 is 0 Å². The van der Waals surface area contributed by atoms with Crippen LogP contribution in [0.3, 0.4) is 0 Å². The van der Waals surface area contributed by atoms with Crippen LogP contribution in [0.15, 0.2) is 18.2 Å². The van der Waals surface area contributed by atoms with Crippen LogP contribution in [0, 0.1) is 0 Å². The van der Waals surface area contributed by atoms with Gasteiger partial charge in [0.2, 0.25) is 0 Å². The SMILES string of the molecule is CCNC(C)(C)c1nc2ccc(O)cc2[nH]1. The number of rotatable bonds is 3. The summed E-state index contributed by atoms with van der Waals surface area (Å²) < 4.78 is 0. The lowest BCUT2D eigenvalue weighted by Gasteiger charge is -2.22. The Bertz CT molecular complexity index is 502. The summed E-state index contributed by atoms with van der Waals surface area (Å²) in [6.07, 6.45) is 0. The number of aromatic hydroxyl groups is 1. The van der Waals surface area contributed by atoms with Gasteiger partial charge in [0, 0.05) is 6.07 Å². The molecule has 16 heavy (non-hydrogen) atoms. The van der Waals surface area contributed by atoms with Gasteiger partial charge in [-0.1, -0.05) is 6.92 Å². The van der Waals surface area contributed by atoms with Gasteiger partial charge in [-0.15, -0.1) is 0 Å². The second kappa shape index (κ2) is 3.79. The summed E-state index contributed by atoms with van der Waals surface area (Å²) in [5.74, 6) is 1.14. The van der Waals surface area contributed by atoms with Gasteiger partial charge >= 0.3 is 0 Å². The van der Waals surface area contributed by atoms with Gasteiger partial charge in [-0.05, 0) is 32.5 Å². The second-order valence-electron chi connectivity index (χ2n) is 4.44. The van der Waals surface area contributed by atoms with E-state index in [2.05, 4.69) is 36.1 Å². The van der Waals surface area contributed by atoms with Crippen molar-refractivity contribution in [3.05, 3.63) is 24.0 Å². The topological polar surface area (TPSA) is 60.9 Å². The normalized spacial score (nSPS) is 12.2. The fourth-order valence-corrected chi connectivity index (χ4v) is 1.82. The Balaban J connectivity index is 2.46. The molecule has 4 nitrogen and oxygen atoms in total. The van der Waals surface area contributed by atoms with E-state index in [0.717, 1.165) is 23.4 Å². The maximum Gasteiger partial charge on any atom is 0.127 e. The highest BCUT2D eigenvalue weighted by molar-refractivity contribution is 5.76. The van der Waals surface area contributed by atoms with Gasteiger partial charge in [-0.2, -0.15) is 0 Å². The molecule has 1 heterocycles. The first kappa shape index (κ1) is 11.0. The van der Waals surface area contributed by atoms with Crippen molar-refractivity contribution in [1.82, 2.24) is 15.3 Å². The van der Waals surface area contributed by atoms with E-state index in [0.29, 0.717) is 0 Å². The number of phenolic OH excluding ortho intramolecular Hbond substituents is 1. The molecule has 1 aromatic heterocycles. The minimum absolute atomic E-state index is 0.191. The standard InChI is InChI=1S/C12H17N3O/c1-4-13-12(2,3)11-14-9-6-5-8(16)7-10(9)15-11/h5-7,13,16H,4H2,1-3H3,(H,14,15). The van der Waals surface area contributed by atoms with Gasteiger partial charge in [-0.25, -0.2) is 4.98 Å². The average molecular weight is 219 g/mol. The summed E-state index contributed by atoms with van der Waals surface area (Å²) in [4.78, 5) is 7.74. The highest BCUT2D eigenvalue weighted by Gasteiger charge is 2.22. The molecule has 0 saturated heterocycles. The van der Waals surface area contributed by atoms with Crippen molar-refractivity contribution >= 4 is 11.0 Å². The molecule has 0 unspecified atom stereocenters. The lowest BCUT2D eigenvalue weighted by molar-refractivity contribution is 0.395. The molecule has 0 aliphatic carbocycles. The molecule has 0 amide bonds. The van der Waals surface area contributed by atoms with Crippen LogP contribution in [0.1, 0.15) is 26.6 Å². The molecular weight excluding hydrogens is 202 g/mol. The van der Waals surface area contributed by atoms with E-state index in [1.54, 1.807) is 12.1 Å². The molecule has 0 saturated carbocycles. The molecule has 0 aliphatic rings. The monoisotopic (exact) mass is 219 g/mol. The van der Waals surface area contributed by atoms with Crippen LogP contribution in [0.25, 0.3) is 11.0 Å². The third-order valence-electron chi connectivity index (χ3n) is 2.68. The number of imidazole rings is 1. The number of hydrogen-bond acceptors (Lipinski definition) is 3. The molecule has 0 aliphatic heterocycles. The molecule has 0 bridgehead atoms. The van der Waals surface area contributed by atoms with E-state index in [-0.39, 0.29) is 11.3 Å². The number of phenols is 1. The Hall–Kier alpha value is -1.55. The molecule has 1 aromatic carbocycles. The van der Waals surface area contributed by atoms with Crippen molar-refractivity contribution in [1.29, 1.82) is 0 Å². The van der Waals surface area contributed by atoms with Crippen LogP contribution in [0.2, 0.25) is 0 Å². The van der Waals surface area contributed by atoms with Crippen LogP contribution in [-0.2, 0) is 5.54 Å². The molecule has 4 heteroatoms. The van der Waals surface area contributed by atoms with Gasteiger partial charge in [0.25, 0.3) is 0 Å². The predicted octanol–water partition coefficient (Wildman–Crippen LogP) is 2.11. The minimum atomic E-state index is -0.191. The summed E-state index contributed by atoms with van der Waals surface area (Å²) in [5.41, 5.74) is 1.54. The Morgan fingerprint density at radius 3 is 2.88 bits per heavy atom. The van der Waals surface area contributed by atoms with Crippen molar-refractivity contribution in [2.24, 2.45) is 0 Å². The van der Waals surface area contributed by atoms with Gasteiger partial charge in [0.1, 0.15) is 11.6 Å². The van der Waals surface area contributed by atoms with Gasteiger partial charge in [0.15, 0.2) is 0 Å². The number of hydrogen-bond donors (Lipinski definition) is 3. The van der Waals surface area contributed by atoms with E-state index in [9.17, 15) is 5.11 Å². The molecule has 2 rings (SSSR count). The number of H-pyrrole nitrogens is 1. The zero-order valence-corrected chi connectivity index (χ0v) is 9.83. The highest BCUT2D eigenvalue weighted by atomic mass is 16.3. The lowest BCUT2D eigenvalue weighted by atomic mass is 10.1. The van der Waals surface area contributed by atoms with Crippen LogP contribution < -0.4 is 5.32 Å².